The van der Waals surface area contributed by atoms with Gasteiger partial charge in [-0.3, -0.25) is 4.79 Å². The first kappa shape index (κ1) is 14.8. The Hall–Kier alpha value is -1.56. The molecular formula is C14H17BrN2O3. The number of nitrogens with zero attached hydrogens (tertiary/aromatic N) is 1. The highest BCUT2D eigenvalue weighted by Gasteiger charge is 2.28. The van der Waals surface area contributed by atoms with Crippen LogP contribution in [0.1, 0.15) is 22.3 Å². The molecule has 108 valence electrons. The predicted molar refractivity (Wildman–Crippen MR) is 78.7 cm³/mol. The minimum Gasteiger partial charge on any atom is -0.453 e. The molecule has 0 radical (unpaired) electrons. The lowest BCUT2D eigenvalue weighted by Crippen LogP contribution is -2.38. The maximum absolute atomic E-state index is 12.3. The lowest BCUT2D eigenvalue weighted by Gasteiger charge is -2.16. The second-order valence-corrected chi connectivity index (χ2v) is 5.64. The fraction of sp³-hybridized carbons (Fsp3) is 0.429. The zero-order valence-corrected chi connectivity index (χ0v) is 13.1. The van der Waals surface area contributed by atoms with Crippen LogP contribution in [0.5, 0.6) is 0 Å². The van der Waals surface area contributed by atoms with Gasteiger partial charge in [0.25, 0.3) is 5.91 Å². The second-order valence-electron chi connectivity index (χ2n) is 4.79. The van der Waals surface area contributed by atoms with Crippen LogP contribution in [-0.2, 0) is 4.74 Å². The van der Waals surface area contributed by atoms with E-state index < -0.39 is 0 Å². The number of rotatable bonds is 2. The summed E-state index contributed by atoms with van der Waals surface area (Å²) < 4.78 is 5.58. The van der Waals surface area contributed by atoms with Crippen LogP contribution < -0.4 is 5.32 Å². The minimum atomic E-state index is -0.347. The summed E-state index contributed by atoms with van der Waals surface area (Å²) in [7, 11) is 1.36. The maximum atomic E-state index is 12.3. The summed E-state index contributed by atoms with van der Waals surface area (Å²) in [6.07, 6.45) is 0.397. The highest BCUT2D eigenvalue weighted by Crippen LogP contribution is 2.20. The van der Waals surface area contributed by atoms with E-state index in [4.69, 9.17) is 0 Å². The second kappa shape index (κ2) is 6.26. The van der Waals surface area contributed by atoms with Crippen molar-refractivity contribution in [3.05, 3.63) is 33.8 Å². The van der Waals surface area contributed by atoms with E-state index >= 15 is 0 Å². The molecular weight excluding hydrogens is 324 g/mol. The predicted octanol–water partition coefficient (Wildman–Crippen LogP) is 2.33. The normalized spacial score (nSPS) is 17.9. The average molecular weight is 341 g/mol. The van der Waals surface area contributed by atoms with Crippen molar-refractivity contribution in [3.8, 4) is 0 Å². The Morgan fingerprint density at radius 3 is 2.90 bits per heavy atom. The summed E-state index contributed by atoms with van der Waals surface area (Å²) in [5, 5.41) is 2.96. The van der Waals surface area contributed by atoms with E-state index in [2.05, 4.69) is 26.0 Å². The molecule has 1 aliphatic heterocycles. The van der Waals surface area contributed by atoms with E-state index in [0.717, 1.165) is 16.5 Å². The van der Waals surface area contributed by atoms with E-state index in [1.54, 1.807) is 11.0 Å². The van der Waals surface area contributed by atoms with E-state index in [-0.39, 0.29) is 18.0 Å². The standard InChI is InChI=1S/C14H17BrN2O3/c1-9-11(4-3-5-12(9)15)13(18)16-10-6-7-17(8-10)14(19)20-2/h3-5,10H,6-8H2,1-2H3,(H,16,18). The molecule has 1 heterocycles. The largest absolute Gasteiger partial charge is 0.453 e. The average Bonchev–Trinajstić information content (AvgIpc) is 2.89. The van der Waals surface area contributed by atoms with E-state index in [0.29, 0.717) is 18.7 Å². The molecule has 1 saturated heterocycles. The number of ether oxygens (including phenoxy) is 1. The zero-order valence-electron chi connectivity index (χ0n) is 11.5. The molecule has 20 heavy (non-hydrogen) atoms. The Bertz CT molecular complexity index is 533. The van der Waals surface area contributed by atoms with Gasteiger partial charge in [-0.25, -0.2) is 4.79 Å². The molecule has 1 N–H and O–H groups in total. The first-order valence-corrected chi connectivity index (χ1v) is 7.21. The lowest BCUT2D eigenvalue weighted by molar-refractivity contribution is 0.0933. The molecule has 1 unspecified atom stereocenters. The van der Waals surface area contributed by atoms with Crippen LogP contribution >= 0.6 is 15.9 Å². The molecule has 1 aliphatic rings. The summed E-state index contributed by atoms with van der Waals surface area (Å²) in [6, 6.07) is 5.50. The minimum absolute atomic E-state index is 0.0278. The number of nitrogens with one attached hydrogen (secondary N) is 1. The van der Waals surface area contributed by atoms with Gasteiger partial charge in [-0.15, -0.1) is 0 Å². The summed E-state index contributed by atoms with van der Waals surface area (Å²) in [4.78, 5) is 25.2. The molecule has 6 heteroatoms. The highest BCUT2D eigenvalue weighted by molar-refractivity contribution is 9.10. The van der Waals surface area contributed by atoms with Gasteiger partial charge in [-0.2, -0.15) is 0 Å². The van der Waals surface area contributed by atoms with E-state index in [1.807, 2.05) is 19.1 Å². The van der Waals surface area contributed by atoms with Crippen molar-refractivity contribution in [3.63, 3.8) is 0 Å². The Labute approximate surface area is 126 Å². The lowest BCUT2D eigenvalue weighted by atomic mass is 10.1. The monoisotopic (exact) mass is 340 g/mol. The number of likely N-dealkylation sites (tertiary alicyclic amines) is 1. The van der Waals surface area contributed by atoms with Gasteiger partial charge in [0.05, 0.1) is 7.11 Å². The SMILES string of the molecule is COC(=O)N1CCC(NC(=O)c2cccc(Br)c2C)C1. The number of hydrogen-bond donors (Lipinski definition) is 1. The molecule has 0 aromatic heterocycles. The molecule has 5 nitrogen and oxygen atoms in total. The van der Waals surface area contributed by atoms with Crippen LogP contribution in [0.2, 0.25) is 0 Å². The van der Waals surface area contributed by atoms with Gasteiger partial charge in [-0.05, 0) is 31.0 Å². The number of benzene rings is 1. The molecule has 1 fully saturated rings. The third-order valence-corrected chi connectivity index (χ3v) is 4.33. The smallest absolute Gasteiger partial charge is 0.409 e. The summed E-state index contributed by atoms with van der Waals surface area (Å²) in [5.74, 6) is -0.111. The maximum Gasteiger partial charge on any atom is 0.409 e. The molecule has 0 aliphatic carbocycles. The quantitative estimate of drug-likeness (QED) is 0.898. The van der Waals surface area contributed by atoms with Crippen molar-refractivity contribution >= 4 is 27.9 Å². The van der Waals surface area contributed by atoms with Gasteiger partial charge >= 0.3 is 6.09 Å². The Morgan fingerprint density at radius 1 is 1.45 bits per heavy atom. The third kappa shape index (κ3) is 3.12. The van der Waals surface area contributed by atoms with Crippen LogP contribution in [0, 0.1) is 6.92 Å². The van der Waals surface area contributed by atoms with Crippen molar-refractivity contribution in [1.82, 2.24) is 10.2 Å². The molecule has 1 aromatic carbocycles. The van der Waals surface area contributed by atoms with Crippen LogP contribution in [0.4, 0.5) is 4.79 Å². The van der Waals surface area contributed by atoms with Gasteiger partial charge in [0.1, 0.15) is 0 Å². The van der Waals surface area contributed by atoms with E-state index in [1.165, 1.54) is 7.11 Å². The zero-order chi connectivity index (χ0) is 14.7. The molecule has 1 aromatic rings. The van der Waals surface area contributed by atoms with Crippen LogP contribution in [0.25, 0.3) is 0 Å². The molecule has 2 amide bonds. The van der Waals surface area contributed by atoms with Gasteiger partial charge in [0, 0.05) is 29.2 Å². The highest BCUT2D eigenvalue weighted by atomic mass is 79.9. The Kier molecular flexibility index (Phi) is 4.65. The summed E-state index contributed by atoms with van der Waals surface area (Å²) in [5.41, 5.74) is 1.56. The summed E-state index contributed by atoms with van der Waals surface area (Å²) in [6.45, 7) is 2.99. The van der Waals surface area contributed by atoms with Gasteiger partial charge in [0.2, 0.25) is 0 Å². The first-order valence-electron chi connectivity index (χ1n) is 6.41. The molecule has 0 spiro atoms. The Balaban J connectivity index is 1.99. The van der Waals surface area contributed by atoms with Crippen molar-refractivity contribution in [2.75, 3.05) is 20.2 Å². The number of amides is 2. The van der Waals surface area contributed by atoms with Crippen molar-refractivity contribution < 1.29 is 14.3 Å². The molecule has 0 saturated carbocycles. The fourth-order valence-electron chi connectivity index (χ4n) is 2.29. The number of carbonyl (C=O) groups is 2. The van der Waals surface area contributed by atoms with Gasteiger partial charge < -0.3 is 15.0 Å². The third-order valence-electron chi connectivity index (χ3n) is 3.47. The number of methoxy groups -OCH3 is 1. The number of hydrogen-bond acceptors (Lipinski definition) is 3. The Morgan fingerprint density at radius 2 is 2.20 bits per heavy atom. The first-order chi connectivity index (χ1) is 9.52. The number of carbonyl (C=O) groups excluding carboxylic acids is 2. The van der Waals surface area contributed by atoms with Crippen molar-refractivity contribution in [1.29, 1.82) is 0 Å². The number of halogens is 1. The van der Waals surface area contributed by atoms with Crippen LogP contribution in [0.3, 0.4) is 0 Å². The molecule has 1 atom stereocenters. The molecule has 2 rings (SSSR count). The van der Waals surface area contributed by atoms with Crippen molar-refractivity contribution in [2.45, 2.75) is 19.4 Å². The topological polar surface area (TPSA) is 58.6 Å². The summed E-state index contributed by atoms with van der Waals surface area (Å²) >= 11 is 3.42. The van der Waals surface area contributed by atoms with Crippen LogP contribution in [0.15, 0.2) is 22.7 Å². The van der Waals surface area contributed by atoms with Crippen molar-refractivity contribution in [2.24, 2.45) is 0 Å². The molecule has 0 bridgehead atoms. The van der Waals surface area contributed by atoms with Gasteiger partial charge in [0.15, 0.2) is 0 Å². The van der Waals surface area contributed by atoms with Gasteiger partial charge in [-0.1, -0.05) is 22.0 Å². The van der Waals surface area contributed by atoms with Crippen LogP contribution in [-0.4, -0.2) is 43.1 Å². The fourth-order valence-corrected chi connectivity index (χ4v) is 2.66. The van der Waals surface area contributed by atoms with E-state index in [9.17, 15) is 9.59 Å².